The van der Waals surface area contributed by atoms with Crippen molar-refractivity contribution in [2.75, 3.05) is 13.1 Å². The molecule has 13 heteroatoms. The minimum Gasteiger partial charge on any atom is -0.472 e. The molecule has 7 rings (SSSR count). The number of amides is 1. The van der Waals surface area contributed by atoms with Crippen LogP contribution in [0.4, 0.5) is 27.8 Å². The molecule has 3 aliphatic heterocycles. The van der Waals surface area contributed by atoms with Gasteiger partial charge in [0.2, 0.25) is 5.91 Å². The van der Waals surface area contributed by atoms with Gasteiger partial charge in [-0.15, -0.1) is 10.2 Å². The topological polar surface area (TPSA) is 85.5 Å². The van der Waals surface area contributed by atoms with E-state index in [1.165, 1.54) is 23.1 Å². The zero-order valence-corrected chi connectivity index (χ0v) is 23.2. The summed E-state index contributed by atoms with van der Waals surface area (Å²) >= 11 is 0. The highest BCUT2D eigenvalue weighted by molar-refractivity contribution is 5.77. The lowest BCUT2D eigenvalue weighted by Gasteiger charge is -2.42. The summed E-state index contributed by atoms with van der Waals surface area (Å²) < 4.78 is 79.0. The fraction of sp³-hybridized carbons (Fsp3) is 0.500. The summed E-state index contributed by atoms with van der Waals surface area (Å²) in [6.07, 6.45) is 0.0934. The number of aliphatic imine (C=N–C) groups is 1. The van der Waals surface area contributed by atoms with Gasteiger partial charge in [0.1, 0.15) is 22.7 Å². The Balaban J connectivity index is 1.14. The van der Waals surface area contributed by atoms with Crippen molar-refractivity contribution in [3.63, 3.8) is 0 Å². The van der Waals surface area contributed by atoms with Crippen molar-refractivity contribution < 1.29 is 31.5 Å². The van der Waals surface area contributed by atoms with Crippen molar-refractivity contribution in [3.8, 4) is 0 Å². The molecule has 0 unspecified atom stereocenters. The van der Waals surface area contributed by atoms with Crippen molar-refractivity contribution in [1.82, 2.24) is 24.6 Å². The van der Waals surface area contributed by atoms with Gasteiger partial charge in [0, 0.05) is 62.5 Å². The number of rotatable bonds is 4. The molecule has 1 spiro atoms. The zero-order chi connectivity index (χ0) is 30.0. The van der Waals surface area contributed by atoms with Crippen molar-refractivity contribution >= 4 is 18.1 Å². The number of nitrogens with zero attached hydrogens (tertiary/aromatic N) is 6. The Morgan fingerprint density at radius 3 is 2.56 bits per heavy atom. The Kier molecular flexibility index (Phi) is 6.55. The van der Waals surface area contributed by atoms with Crippen LogP contribution in [-0.4, -0.2) is 56.2 Å². The predicted octanol–water partition coefficient (Wildman–Crippen LogP) is 5.80. The number of halogens is 5. The monoisotopic (exact) mass is 600 g/mol. The molecule has 2 aromatic heterocycles. The summed E-state index contributed by atoms with van der Waals surface area (Å²) in [5, 5.41) is 8.23. The van der Waals surface area contributed by atoms with E-state index < -0.39 is 40.7 Å². The number of aromatic nitrogens is 4. The minimum absolute atomic E-state index is 0.0168. The quantitative estimate of drug-likeness (QED) is 0.353. The second-order valence-electron chi connectivity index (χ2n) is 12.0. The van der Waals surface area contributed by atoms with Gasteiger partial charge in [-0.3, -0.25) is 4.79 Å². The van der Waals surface area contributed by atoms with Gasteiger partial charge in [0.25, 0.3) is 0 Å². The first-order valence-corrected chi connectivity index (χ1v) is 14.5. The Bertz CT molecular complexity index is 1590. The third-order valence-electron chi connectivity index (χ3n) is 9.63. The molecule has 0 N–H and O–H groups in total. The van der Waals surface area contributed by atoms with E-state index in [0.29, 0.717) is 50.4 Å². The van der Waals surface area contributed by atoms with Crippen LogP contribution in [0.25, 0.3) is 0 Å². The molecular formula is C30H29F5N6O2. The van der Waals surface area contributed by atoms with Gasteiger partial charge >= 0.3 is 6.18 Å². The van der Waals surface area contributed by atoms with Crippen LogP contribution in [0.15, 0.2) is 41.5 Å². The van der Waals surface area contributed by atoms with Gasteiger partial charge in [-0.25, -0.2) is 18.8 Å². The first kappa shape index (κ1) is 27.9. The van der Waals surface area contributed by atoms with Crippen LogP contribution in [0, 0.1) is 11.6 Å². The van der Waals surface area contributed by atoms with Crippen LogP contribution in [0.3, 0.4) is 0 Å². The summed E-state index contributed by atoms with van der Waals surface area (Å²) in [6, 6.07) is 7.62. The van der Waals surface area contributed by atoms with Gasteiger partial charge in [0.15, 0.2) is 23.9 Å². The number of pyridine rings is 1. The molecule has 2 atom stereocenters. The average molecular weight is 601 g/mol. The molecule has 5 heterocycles. The van der Waals surface area contributed by atoms with E-state index >= 15 is 0 Å². The first-order valence-electron chi connectivity index (χ1n) is 14.5. The molecule has 3 aromatic rings. The number of benzene rings is 1. The molecule has 4 aliphatic rings. The van der Waals surface area contributed by atoms with Gasteiger partial charge in [-0.05, 0) is 49.4 Å². The third kappa shape index (κ3) is 4.58. The smallest absolute Gasteiger partial charge is 0.401 e. The Labute approximate surface area is 244 Å². The fourth-order valence-electron chi connectivity index (χ4n) is 6.98. The molecule has 1 aromatic carbocycles. The van der Waals surface area contributed by atoms with Crippen molar-refractivity contribution in [2.45, 2.75) is 80.5 Å². The predicted molar refractivity (Wildman–Crippen MR) is 144 cm³/mol. The van der Waals surface area contributed by atoms with Crippen LogP contribution >= 0.6 is 0 Å². The maximum atomic E-state index is 14.9. The number of carbonyl (C=O) groups is 1. The minimum atomic E-state index is -4.53. The molecule has 0 radical (unpaired) electrons. The van der Waals surface area contributed by atoms with Crippen molar-refractivity contribution in [1.29, 1.82) is 0 Å². The van der Waals surface area contributed by atoms with Crippen LogP contribution < -0.4 is 0 Å². The molecule has 1 amide bonds. The summed E-state index contributed by atoms with van der Waals surface area (Å²) in [4.78, 5) is 23.9. The molecule has 0 bridgehead atoms. The van der Waals surface area contributed by atoms with Gasteiger partial charge in [0.05, 0.1) is 0 Å². The molecular weight excluding hydrogens is 571 g/mol. The van der Waals surface area contributed by atoms with E-state index in [2.05, 4.69) is 20.2 Å². The molecule has 43 heavy (non-hydrogen) atoms. The Morgan fingerprint density at radius 1 is 1.02 bits per heavy atom. The number of likely N-dealkylation sites (tertiary alicyclic amines) is 1. The summed E-state index contributed by atoms with van der Waals surface area (Å²) in [5.41, 5.74) is -1.76. The Hall–Kier alpha value is -3.90. The second-order valence-corrected chi connectivity index (χ2v) is 12.0. The largest absolute Gasteiger partial charge is 0.472 e. The summed E-state index contributed by atoms with van der Waals surface area (Å²) in [6.45, 7) is 0.805. The highest BCUT2D eigenvalue weighted by Gasteiger charge is 2.67. The van der Waals surface area contributed by atoms with Crippen LogP contribution in [-0.2, 0) is 27.1 Å². The van der Waals surface area contributed by atoms with Crippen molar-refractivity contribution in [2.24, 2.45) is 4.99 Å². The van der Waals surface area contributed by atoms with E-state index in [0.717, 1.165) is 11.6 Å². The van der Waals surface area contributed by atoms with Gasteiger partial charge in [-0.1, -0.05) is 12.1 Å². The van der Waals surface area contributed by atoms with Crippen molar-refractivity contribution in [3.05, 3.63) is 70.9 Å². The van der Waals surface area contributed by atoms with Gasteiger partial charge < -0.3 is 14.2 Å². The van der Waals surface area contributed by atoms with E-state index in [1.807, 2.05) is 12.1 Å². The molecule has 1 saturated heterocycles. The number of ether oxygens (including phenoxy) is 1. The molecule has 8 nitrogen and oxygen atoms in total. The standard InChI is InChI=1S/C30H29F5N6O2/c31-22-5-1-3-20(24(22)32)19-7-6-18(26-38-39-27(41(26)16-19)28(8-9-28)30(33,34)35)15-23(42)40-13-10-29(11-14-40)21-4-2-12-36-25(21)37-17-43-29/h1-5,12,17-19H,6-11,13-16H2/t18-,19+/m0/s1. The number of piperidine rings is 1. The number of hydrogen-bond donors (Lipinski definition) is 0. The van der Waals surface area contributed by atoms with Crippen LogP contribution in [0.2, 0.25) is 0 Å². The highest BCUT2D eigenvalue weighted by atomic mass is 19.4. The first-order chi connectivity index (χ1) is 20.6. The average Bonchev–Trinajstić information content (AvgIpc) is 3.74. The molecule has 1 saturated carbocycles. The van der Waals surface area contributed by atoms with Crippen LogP contribution in [0.5, 0.6) is 0 Å². The Morgan fingerprint density at radius 2 is 1.81 bits per heavy atom. The number of fused-ring (bicyclic) bond motifs is 3. The summed E-state index contributed by atoms with van der Waals surface area (Å²) in [7, 11) is 0. The summed E-state index contributed by atoms with van der Waals surface area (Å²) in [5.74, 6) is -2.64. The van der Waals surface area contributed by atoms with E-state index in [4.69, 9.17) is 4.74 Å². The lowest BCUT2D eigenvalue weighted by molar-refractivity contribution is -0.163. The number of hydrogen-bond acceptors (Lipinski definition) is 6. The van der Waals surface area contributed by atoms with Gasteiger partial charge in [-0.2, -0.15) is 13.2 Å². The third-order valence-corrected chi connectivity index (χ3v) is 9.63. The molecule has 226 valence electrons. The molecule has 1 aliphatic carbocycles. The second kappa shape index (κ2) is 10.1. The molecule has 2 fully saturated rings. The number of alkyl halides is 3. The highest BCUT2D eigenvalue weighted by Crippen LogP contribution is 2.59. The maximum Gasteiger partial charge on any atom is 0.401 e. The van der Waals surface area contributed by atoms with Crippen LogP contribution in [0.1, 0.15) is 79.6 Å². The SMILES string of the molecule is O=C(C[C@@H]1CC[C@@H](c2cccc(F)c2F)Cn2c1nnc2C1(C(F)(F)F)CC1)N1CCC2(CC1)OC=Nc1ncccc12. The zero-order valence-electron chi connectivity index (χ0n) is 23.2. The van der Waals surface area contributed by atoms with E-state index in [1.54, 1.807) is 11.1 Å². The number of carbonyl (C=O) groups excluding carboxylic acids is 1. The van der Waals surface area contributed by atoms with E-state index in [-0.39, 0.29) is 43.1 Å². The fourth-order valence-corrected chi connectivity index (χ4v) is 6.98. The lowest BCUT2D eigenvalue weighted by atomic mass is 9.83. The van der Waals surface area contributed by atoms with E-state index in [9.17, 15) is 26.7 Å². The normalized spacial score (nSPS) is 23.7. The lowest BCUT2D eigenvalue weighted by Crippen LogP contribution is -2.47. The maximum absolute atomic E-state index is 14.9.